The molecule has 0 radical (unpaired) electrons. The van der Waals surface area contributed by atoms with Crippen LogP contribution >= 0.6 is 0 Å². The number of halogens is 3. The highest BCUT2D eigenvalue weighted by molar-refractivity contribution is 5.26. The smallest absolute Gasteiger partial charge is 0.308 e. The Bertz CT molecular complexity index is 395. The van der Waals surface area contributed by atoms with Crippen molar-refractivity contribution in [3.63, 3.8) is 0 Å². The number of hydrogen-bond donors (Lipinski definition) is 1. The highest BCUT2D eigenvalue weighted by Gasteiger charge is 2.30. The second kappa shape index (κ2) is 7.11. The van der Waals surface area contributed by atoms with Gasteiger partial charge in [0.1, 0.15) is 0 Å². The first-order valence-corrected chi connectivity index (χ1v) is 7.13. The molecule has 0 saturated heterocycles. The average Bonchev–Trinajstić information content (AvgIpc) is 2.35. The van der Waals surface area contributed by atoms with Crippen LogP contribution in [0.15, 0.2) is 24.3 Å². The van der Waals surface area contributed by atoms with Gasteiger partial charge in [-0.05, 0) is 50.3 Å². The molecule has 2 unspecified atom stereocenters. The second-order valence-electron chi connectivity index (χ2n) is 5.88. The van der Waals surface area contributed by atoms with Gasteiger partial charge in [0.25, 0.3) is 0 Å². The molecule has 0 aromatic heterocycles. The number of alkyl halides is 3. The first-order chi connectivity index (χ1) is 9.20. The summed E-state index contributed by atoms with van der Waals surface area (Å²) in [6, 6.07) is 5.80. The molecule has 4 heteroatoms. The van der Waals surface area contributed by atoms with Gasteiger partial charge in [-0.3, -0.25) is 0 Å². The van der Waals surface area contributed by atoms with Gasteiger partial charge in [0.2, 0.25) is 0 Å². The highest BCUT2D eigenvalue weighted by Crippen LogP contribution is 2.30. The number of nitrogens with one attached hydrogen (secondary N) is 1. The molecule has 0 bridgehead atoms. The SMILES string of the molecule is CC(C)CCC(C)NC(C)c1ccc(C(F)(F)F)cc1. The zero-order valence-corrected chi connectivity index (χ0v) is 12.6. The van der Waals surface area contributed by atoms with Gasteiger partial charge >= 0.3 is 6.18 Å². The number of hydrogen-bond acceptors (Lipinski definition) is 1. The predicted molar refractivity (Wildman–Crippen MR) is 76.5 cm³/mol. The van der Waals surface area contributed by atoms with Crippen molar-refractivity contribution in [3.8, 4) is 0 Å². The molecule has 0 spiro atoms. The minimum atomic E-state index is -4.26. The summed E-state index contributed by atoms with van der Waals surface area (Å²) in [6.45, 7) is 8.47. The Morgan fingerprint density at radius 2 is 1.50 bits per heavy atom. The lowest BCUT2D eigenvalue weighted by molar-refractivity contribution is -0.137. The van der Waals surface area contributed by atoms with E-state index in [9.17, 15) is 13.2 Å². The molecular formula is C16H24F3N. The normalized spacial score (nSPS) is 15.4. The van der Waals surface area contributed by atoms with Crippen molar-refractivity contribution in [2.24, 2.45) is 5.92 Å². The zero-order chi connectivity index (χ0) is 15.3. The van der Waals surface area contributed by atoms with E-state index < -0.39 is 11.7 Å². The predicted octanol–water partition coefficient (Wildman–Crippen LogP) is 5.18. The highest BCUT2D eigenvalue weighted by atomic mass is 19.4. The Hall–Kier alpha value is -1.03. The summed E-state index contributed by atoms with van der Waals surface area (Å²) in [5, 5.41) is 3.43. The van der Waals surface area contributed by atoms with E-state index in [-0.39, 0.29) is 6.04 Å². The standard InChI is InChI=1S/C16H24F3N/c1-11(2)5-6-12(3)20-13(4)14-7-9-15(10-8-14)16(17,18)19/h7-13,20H,5-6H2,1-4H3. The molecule has 1 aromatic carbocycles. The molecule has 1 nitrogen and oxygen atoms in total. The molecule has 0 heterocycles. The largest absolute Gasteiger partial charge is 0.416 e. The summed E-state index contributed by atoms with van der Waals surface area (Å²) in [4.78, 5) is 0. The van der Waals surface area contributed by atoms with E-state index in [0.717, 1.165) is 30.5 Å². The minimum Gasteiger partial charge on any atom is -0.308 e. The molecule has 1 N–H and O–H groups in total. The molecule has 1 rings (SSSR count). The molecule has 114 valence electrons. The van der Waals surface area contributed by atoms with Gasteiger partial charge < -0.3 is 5.32 Å². The fraction of sp³-hybridized carbons (Fsp3) is 0.625. The Morgan fingerprint density at radius 1 is 0.950 bits per heavy atom. The summed E-state index contributed by atoms with van der Waals surface area (Å²) >= 11 is 0. The van der Waals surface area contributed by atoms with Gasteiger partial charge in [-0.15, -0.1) is 0 Å². The van der Waals surface area contributed by atoms with E-state index in [2.05, 4.69) is 26.1 Å². The quantitative estimate of drug-likeness (QED) is 0.760. The minimum absolute atomic E-state index is 0.0550. The lowest BCUT2D eigenvalue weighted by Crippen LogP contribution is -2.29. The monoisotopic (exact) mass is 287 g/mol. The second-order valence-corrected chi connectivity index (χ2v) is 5.88. The van der Waals surface area contributed by atoms with Crippen molar-refractivity contribution in [2.75, 3.05) is 0 Å². The molecule has 1 aromatic rings. The van der Waals surface area contributed by atoms with E-state index in [1.165, 1.54) is 0 Å². The molecule has 2 atom stereocenters. The Balaban J connectivity index is 2.57. The fourth-order valence-corrected chi connectivity index (χ4v) is 2.15. The van der Waals surface area contributed by atoms with Gasteiger partial charge in [-0.25, -0.2) is 0 Å². The Labute approximate surface area is 119 Å². The molecule has 0 aliphatic rings. The van der Waals surface area contributed by atoms with Gasteiger partial charge in [-0.1, -0.05) is 26.0 Å². The van der Waals surface area contributed by atoms with Crippen LogP contribution in [-0.4, -0.2) is 6.04 Å². The summed E-state index contributed by atoms with van der Waals surface area (Å²) in [7, 11) is 0. The Morgan fingerprint density at radius 3 is 1.95 bits per heavy atom. The van der Waals surface area contributed by atoms with Gasteiger partial charge in [0, 0.05) is 12.1 Å². The molecular weight excluding hydrogens is 263 g/mol. The lowest BCUT2D eigenvalue weighted by Gasteiger charge is -2.21. The third kappa shape index (κ3) is 5.53. The van der Waals surface area contributed by atoms with E-state index in [1.807, 2.05) is 6.92 Å². The molecule has 0 amide bonds. The van der Waals surface area contributed by atoms with Crippen molar-refractivity contribution in [1.82, 2.24) is 5.32 Å². The van der Waals surface area contributed by atoms with Gasteiger partial charge in [-0.2, -0.15) is 13.2 Å². The maximum atomic E-state index is 12.5. The van der Waals surface area contributed by atoms with E-state index >= 15 is 0 Å². The topological polar surface area (TPSA) is 12.0 Å². The van der Waals surface area contributed by atoms with Crippen LogP contribution in [0.25, 0.3) is 0 Å². The molecule has 20 heavy (non-hydrogen) atoms. The molecule has 0 saturated carbocycles. The molecule has 0 fully saturated rings. The fourth-order valence-electron chi connectivity index (χ4n) is 2.15. The average molecular weight is 287 g/mol. The van der Waals surface area contributed by atoms with Gasteiger partial charge in [0.05, 0.1) is 5.56 Å². The number of benzene rings is 1. The third-order valence-electron chi connectivity index (χ3n) is 3.45. The molecule has 0 aliphatic heterocycles. The van der Waals surface area contributed by atoms with Crippen LogP contribution in [0.5, 0.6) is 0 Å². The maximum absolute atomic E-state index is 12.5. The summed E-state index contributed by atoms with van der Waals surface area (Å²) in [5.41, 5.74) is 0.288. The first kappa shape index (κ1) is 17.0. The van der Waals surface area contributed by atoms with Crippen molar-refractivity contribution in [1.29, 1.82) is 0 Å². The van der Waals surface area contributed by atoms with Crippen LogP contribution in [0, 0.1) is 5.92 Å². The van der Waals surface area contributed by atoms with Crippen LogP contribution in [0.3, 0.4) is 0 Å². The van der Waals surface area contributed by atoms with Crippen molar-refractivity contribution >= 4 is 0 Å². The van der Waals surface area contributed by atoms with Crippen LogP contribution in [0.2, 0.25) is 0 Å². The van der Waals surface area contributed by atoms with Crippen LogP contribution in [0.1, 0.15) is 57.7 Å². The van der Waals surface area contributed by atoms with Crippen molar-refractivity contribution in [3.05, 3.63) is 35.4 Å². The summed E-state index contributed by atoms with van der Waals surface area (Å²) in [6.07, 6.45) is -2.05. The van der Waals surface area contributed by atoms with Crippen molar-refractivity contribution < 1.29 is 13.2 Å². The Kier molecular flexibility index (Phi) is 6.06. The zero-order valence-electron chi connectivity index (χ0n) is 12.6. The van der Waals surface area contributed by atoms with Crippen molar-refractivity contribution in [2.45, 2.75) is 58.8 Å². The van der Waals surface area contributed by atoms with E-state index in [1.54, 1.807) is 12.1 Å². The first-order valence-electron chi connectivity index (χ1n) is 7.13. The maximum Gasteiger partial charge on any atom is 0.416 e. The van der Waals surface area contributed by atoms with Crippen LogP contribution in [0.4, 0.5) is 13.2 Å². The summed E-state index contributed by atoms with van der Waals surface area (Å²) in [5.74, 6) is 0.667. The van der Waals surface area contributed by atoms with Gasteiger partial charge in [0.15, 0.2) is 0 Å². The molecule has 0 aliphatic carbocycles. The third-order valence-corrected chi connectivity index (χ3v) is 3.45. The summed E-state index contributed by atoms with van der Waals surface area (Å²) < 4.78 is 37.5. The van der Waals surface area contributed by atoms with E-state index in [0.29, 0.717) is 12.0 Å². The number of rotatable bonds is 6. The van der Waals surface area contributed by atoms with Crippen LogP contribution < -0.4 is 5.32 Å². The van der Waals surface area contributed by atoms with E-state index in [4.69, 9.17) is 0 Å². The lowest BCUT2D eigenvalue weighted by atomic mass is 10.0. The van der Waals surface area contributed by atoms with Crippen LogP contribution in [-0.2, 0) is 6.18 Å².